The number of nitrogens with two attached hydrogens (primary N) is 1. The summed E-state index contributed by atoms with van der Waals surface area (Å²) >= 11 is 0. The van der Waals surface area contributed by atoms with E-state index in [0.29, 0.717) is 0 Å². The molecule has 0 radical (unpaired) electrons. The zero-order chi connectivity index (χ0) is 22.4. The van der Waals surface area contributed by atoms with Crippen LogP contribution in [0.15, 0.2) is 30.3 Å². The minimum atomic E-state index is -1.18. The van der Waals surface area contributed by atoms with Gasteiger partial charge in [-0.1, -0.05) is 30.3 Å². The van der Waals surface area contributed by atoms with Gasteiger partial charge in [-0.25, -0.2) is 4.79 Å². The number of carbonyl (C=O) groups excluding carboxylic acids is 4. The van der Waals surface area contributed by atoms with Crippen LogP contribution in [0.4, 0.5) is 0 Å². The molecule has 12 heteroatoms. The van der Waals surface area contributed by atoms with Gasteiger partial charge in [0.1, 0.15) is 19.4 Å². The molecule has 1 rings (SSSR count). The maximum Gasteiger partial charge on any atom is 0.329 e. The van der Waals surface area contributed by atoms with Crippen LogP contribution in [0.2, 0.25) is 0 Å². The average molecular weight is 423 g/mol. The Kier molecular flexibility index (Phi) is 11.1. The molecule has 0 aliphatic rings. The first-order chi connectivity index (χ1) is 14.3. The van der Waals surface area contributed by atoms with Crippen LogP contribution in [0.25, 0.3) is 0 Å². The lowest BCUT2D eigenvalue weighted by Gasteiger charge is -2.19. The number of hydrogen-bond acceptors (Lipinski definition) is 7. The van der Waals surface area contributed by atoms with Crippen molar-refractivity contribution >= 4 is 29.6 Å². The molecule has 0 saturated carbocycles. The van der Waals surface area contributed by atoms with Crippen molar-refractivity contribution in [2.45, 2.75) is 12.5 Å². The molecular weight excluding hydrogens is 398 g/mol. The number of hydrogen-bond donors (Lipinski definition) is 6. The molecule has 1 atom stereocenters. The van der Waals surface area contributed by atoms with E-state index in [1.807, 2.05) is 0 Å². The lowest BCUT2D eigenvalue weighted by molar-refractivity contribution is -0.143. The highest BCUT2D eigenvalue weighted by atomic mass is 16.5. The highest BCUT2D eigenvalue weighted by Gasteiger charge is 2.22. The van der Waals surface area contributed by atoms with Crippen LogP contribution in [0.3, 0.4) is 0 Å². The quantitative estimate of drug-likeness (QED) is 0.144. The SMILES string of the molecule is NCC(=O)NCC(=O)NC(Cc1ccccc1)C(=O)NCC(=O)NCOCC(=O)O. The van der Waals surface area contributed by atoms with E-state index in [2.05, 4.69) is 26.0 Å². The fourth-order valence-electron chi connectivity index (χ4n) is 2.18. The number of benzene rings is 1. The van der Waals surface area contributed by atoms with Gasteiger partial charge in [-0.3, -0.25) is 19.2 Å². The molecule has 0 spiro atoms. The molecule has 0 heterocycles. The van der Waals surface area contributed by atoms with Gasteiger partial charge in [-0.05, 0) is 5.56 Å². The predicted octanol–water partition coefficient (Wildman–Crippen LogP) is -2.92. The van der Waals surface area contributed by atoms with Crippen LogP contribution >= 0.6 is 0 Å². The molecular formula is C18H25N5O7. The Labute approximate surface area is 172 Å². The van der Waals surface area contributed by atoms with Gasteiger partial charge < -0.3 is 36.8 Å². The normalized spacial score (nSPS) is 11.1. The van der Waals surface area contributed by atoms with Gasteiger partial charge in [-0.15, -0.1) is 0 Å². The number of aliphatic carboxylic acids is 1. The molecule has 4 amide bonds. The second-order valence-electron chi connectivity index (χ2n) is 5.99. The molecule has 1 aromatic carbocycles. The first-order valence-corrected chi connectivity index (χ1v) is 8.95. The van der Waals surface area contributed by atoms with E-state index in [9.17, 15) is 24.0 Å². The Morgan fingerprint density at radius 2 is 1.60 bits per heavy atom. The topological polar surface area (TPSA) is 189 Å². The highest BCUT2D eigenvalue weighted by molar-refractivity contribution is 5.92. The molecule has 30 heavy (non-hydrogen) atoms. The van der Waals surface area contributed by atoms with Crippen LogP contribution in [0.1, 0.15) is 5.56 Å². The number of rotatable bonds is 13. The summed E-state index contributed by atoms with van der Waals surface area (Å²) in [5.41, 5.74) is 5.93. The summed E-state index contributed by atoms with van der Waals surface area (Å²) in [5.74, 6) is -3.51. The van der Waals surface area contributed by atoms with E-state index >= 15 is 0 Å². The Bertz CT molecular complexity index is 742. The molecule has 0 saturated heterocycles. The first-order valence-electron chi connectivity index (χ1n) is 8.95. The molecule has 12 nitrogen and oxygen atoms in total. The lowest BCUT2D eigenvalue weighted by atomic mass is 10.1. The van der Waals surface area contributed by atoms with Crippen molar-refractivity contribution in [2.75, 3.05) is 33.0 Å². The molecule has 7 N–H and O–H groups in total. The number of carboxylic acids is 1. The van der Waals surface area contributed by atoms with Crippen LogP contribution in [0.5, 0.6) is 0 Å². The summed E-state index contributed by atoms with van der Waals surface area (Å²) in [6, 6.07) is 7.90. The van der Waals surface area contributed by atoms with Crippen LogP contribution in [-0.4, -0.2) is 73.7 Å². The van der Waals surface area contributed by atoms with Crippen molar-refractivity contribution in [2.24, 2.45) is 5.73 Å². The number of ether oxygens (including phenoxy) is 1. The van der Waals surface area contributed by atoms with Gasteiger partial charge >= 0.3 is 5.97 Å². The van der Waals surface area contributed by atoms with Gasteiger partial charge in [0.15, 0.2) is 0 Å². The van der Waals surface area contributed by atoms with Crippen LogP contribution < -0.4 is 27.0 Å². The Morgan fingerprint density at radius 1 is 0.933 bits per heavy atom. The number of carbonyl (C=O) groups is 5. The summed E-state index contributed by atoms with van der Waals surface area (Å²) in [4.78, 5) is 57.7. The highest BCUT2D eigenvalue weighted by Crippen LogP contribution is 2.03. The maximum absolute atomic E-state index is 12.5. The average Bonchev–Trinajstić information content (AvgIpc) is 2.73. The summed E-state index contributed by atoms with van der Waals surface area (Å²) in [5, 5.41) is 17.9. The molecule has 164 valence electrons. The minimum Gasteiger partial charge on any atom is -0.480 e. The Hall–Kier alpha value is -3.51. The fourth-order valence-corrected chi connectivity index (χ4v) is 2.18. The Balaban J connectivity index is 2.58. The third kappa shape index (κ3) is 10.7. The zero-order valence-electron chi connectivity index (χ0n) is 16.2. The number of amides is 4. The van der Waals surface area contributed by atoms with Crippen LogP contribution in [0, 0.1) is 0 Å². The van der Waals surface area contributed by atoms with Crippen molar-refractivity contribution in [1.29, 1.82) is 0 Å². The third-order valence-electron chi connectivity index (χ3n) is 3.59. The smallest absolute Gasteiger partial charge is 0.329 e. The summed E-state index contributed by atoms with van der Waals surface area (Å²) in [7, 11) is 0. The summed E-state index contributed by atoms with van der Waals surface area (Å²) in [6.45, 7) is -1.92. The predicted molar refractivity (Wildman–Crippen MR) is 104 cm³/mol. The maximum atomic E-state index is 12.5. The summed E-state index contributed by atoms with van der Waals surface area (Å²) < 4.78 is 4.66. The standard InChI is InChI=1S/C18H25N5O7/c19-7-14(24)20-9-16(26)23-13(6-12-4-2-1-3-5-12)18(29)21-8-15(25)22-11-30-10-17(27)28/h1-5,13H,6-11,19H2,(H,20,24)(H,21,29)(H,22,25)(H,23,26)(H,27,28). The van der Waals surface area contributed by atoms with E-state index in [-0.39, 0.29) is 26.2 Å². The second kappa shape index (κ2) is 13.6. The van der Waals surface area contributed by atoms with Crippen molar-refractivity contribution in [3.8, 4) is 0 Å². The van der Waals surface area contributed by atoms with Gasteiger partial charge in [0.05, 0.1) is 19.6 Å². The van der Waals surface area contributed by atoms with E-state index in [0.717, 1.165) is 5.56 Å². The molecule has 0 bridgehead atoms. The zero-order valence-corrected chi connectivity index (χ0v) is 16.2. The third-order valence-corrected chi connectivity index (χ3v) is 3.59. The van der Waals surface area contributed by atoms with Gasteiger partial charge in [0.25, 0.3) is 0 Å². The molecule has 0 fully saturated rings. The Morgan fingerprint density at radius 3 is 2.23 bits per heavy atom. The van der Waals surface area contributed by atoms with Gasteiger partial charge in [-0.2, -0.15) is 0 Å². The summed E-state index contributed by atoms with van der Waals surface area (Å²) in [6.07, 6.45) is 0.159. The fraction of sp³-hybridized carbons (Fsp3) is 0.389. The molecule has 0 aromatic heterocycles. The van der Waals surface area contributed by atoms with E-state index < -0.39 is 48.8 Å². The lowest BCUT2D eigenvalue weighted by Crippen LogP contribution is -2.52. The first kappa shape index (κ1) is 24.5. The number of carboxylic acid groups (broad SMARTS) is 1. The van der Waals surface area contributed by atoms with Crippen molar-refractivity contribution < 1.29 is 33.8 Å². The van der Waals surface area contributed by atoms with Gasteiger partial charge in [0.2, 0.25) is 23.6 Å². The van der Waals surface area contributed by atoms with Crippen molar-refractivity contribution in [3.63, 3.8) is 0 Å². The molecule has 1 unspecified atom stereocenters. The second-order valence-corrected chi connectivity index (χ2v) is 5.99. The van der Waals surface area contributed by atoms with E-state index in [1.165, 1.54) is 0 Å². The molecule has 0 aliphatic heterocycles. The van der Waals surface area contributed by atoms with E-state index in [4.69, 9.17) is 10.8 Å². The largest absolute Gasteiger partial charge is 0.480 e. The monoisotopic (exact) mass is 423 g/mol. The molecule has 1 aromatic rings. The van der Waals surface area contributed by atoms with Gasteiger partial charge in [0, 0.05) is 6.42 Å². The number of nitrogens with one attached hydrogen (secondary N) is 4. The van der Waals surface area contributed by atoms with Crippen LogP contribution in [-0.2, 0) is 35.1 Å². The molecule has 0 aliphatic carbocycles. The van der Waals surface area contributed by atoms with Crippen molar-refractivity contribution in [1.82, 2.24) is 21.3 Å². The minimum absolute atomic E-state index is 0.159. The van der Waals surface area contributed by atoms with Crippen molar-refractivity contribution in [3.05, 3.63) is 35.9 Å². The van der Waals surface area contributed by atoms with E-state index in [1.54, 1.807) is 30.3 Å².